The van der Waals surface area contributed by atoms with Crippen molar-refractivity contribution in [1.29, 1.82) is 0 Å². The van der Waals surface area contributed by atoms with Gasteiger partial charge in [-0.25, -0.2) is 9.07 Å². The summed E-state index contributed by atoms with van der Waals surface area (Å²) in [7, 11) is 0. The zero-order valence-electron chi connectivity index (χ0n) is 12.1. The van der Waals surface area contributed by atoms with Crippen LogP contribution in [0, 0.1) is 11.7 Å². The minimum Gasteiger partial charge on any atom is -0.481 e. The van der Waals surface area contributed by atoms with Crippen LogP contribution in [0.2, 0.25) is 0 Å². The zero-order chi connectivity index (χ0) is 15.7. The van der Waals surface area contributed by atoms with Gasteiger partial charge in [-0.1, -0.05) is 6.07 Å². The summed E-state index contributed by atoms with van der Waals surface area (Å²) < 4.78 is 14.6. The summed E-state index contributed by atoms with van der Waals surface area (Å²) in [5.41, 5.74) is 0.735. The molecule has 1 fully saturated rings. The highest BCUT2D eigenvalue weighted by atomic mass is 35.5. The SMILES string of the molecule is Cl.O=C(O)C1CCN(C(=O)c2ccn(-c3cccc(F)c3)n2)C1. The molecular formula is C15H15ClFN3O3. The summed E-state index contributed by atoms with van der Waals surface area (Å²) in [6.07, 6.45) is 2.03. The molecule has 0 aliphatic carbocycles. The van der Waals surface area contributed by atoms with Crippen molar-refractivity contribution in [2.24, 2.45) is 5.92 Å². The molecule has 0 spiro atoms. The van der Waals surface area contributed by atoms with E-state index in [0.29, 0.717) is 18.7 Å². The summed E-state index contributed by atoms with van der Waals surface area (Å²) in [6.45, 7) is 0.601. The second kappa shape index (κ2) is 6.78. The number of carboxylic acid groups (broad SMARTS) is 1. The molecule has 122 valence electrons. The molecule has 3 rings (SSSR count). The number of hydrogen-bond acceptors (Lipinski definition) is 3. The Labute approximate surface area is 137 Å². The van der Waals surface area contributed by atoms with Gasteiger partial charge in [0.25, 0.3) is 5.91 Å². The lowest BCUT2D eigenvalue weighted by Gasteiger charge is -2.13. The second-order valence-corrected chi connectivity index (χ2v) is 5.20. The van der Waals surface area contributed by atoms with Crippen LogP contribution in [0.3, 0.4) is 0 Å². The molecule has 0 saturated carbocycles. The average molecular weight is 340 g/mol. The van der Waals surface area contributed by atoms with Gasteiger partial charge < -0.3 is 10.0 Å². The number of nitrogens with zero attached hydrogens (tertiary/aromatic N) is 3. The van der Waals surface area contributed by atoms with E-state index < -0.39 is 11.9 Å². The first-order valence-electron chi connectivity index (χ1n) is 6.88. The van der Waals surface area contributed by atoms with Crippen molar-refractivity contribution in [3.05, 3.63) is 48.0 Å². The Balaban J connectivity index is 0.00000192. The van der Waals surface area contributed by atoms with Crippen molar-refractivity contribution < 1.29 is 19.1 Å². The number of carbonyl (C=O) groups is 2. The molecule has 1 saturated heterocycles. The topological polar surface area (TPSA) is 75.4 Å². The van der Waals surface area contributed by atoms with E-state index >= 15 is 0 Å². The van der Waals surface area contributed by atoms with Crippen LogP contribution in [-0.2, 0) is 4.79 Å². The lowest BCUT2D eigenvalue weighted by molar-refractivity contribution is -0.141. The van der Waals surface area contributed by atoms with Gasteiger partial charge in [0.1, 0.15) is 5.82 Å². The van der Waals surface area contributed by atoms with Gasteiger partial charge in [0.2, 0.25) is 0 Å². The fourth-order valence-electron chi connectivity index (χ4n) is 2.51. The van der Waals surface area contributed by atoms with Gasteiger partial charge in [-0.05, 0) is 30.7 Å². The number of amides is 1. The highest BCUT2D eigenvalue weighted by Crippen LogP contribution is 2.19. The maximum absolute atomic E-state index is 13.2. The monoisotopic (exact) mass is 339 g/mol. The van der Waals surface area contributed by atoms with Gasteiger partial charge in [0.05, 0.1) is 11.6 Å². The molecule has 1 aliphatic rings. The van der Waals surface area contributed by atoms with Crippen LogP contribution in [0.15, 0.2) is 36.5 Å². The molecule has 1 aromatic heterocycles. The molecule has 23 heavy (non-hydrogen) atoms. The van der Waals surface area contributed by atoms with E-state index in [1.807, 2.05) is 0 Å². The fourth-order valence-corrected chi connectivity index (χ4v) is 2.51. The molecule has 1 unspecified atom stereocenters. The Morgan fingerprint density at radius 2 is 2.09 bits per heavy atom. The minimum absolute atomic E-state index is 0. The van der Waals surface area contributed by atoms with Crippen LogP contribution < -0.4 is 0 Å². The summed E-state index contributed by atoms with van der Waals surface area (Å²) >= 11 is 0. The van der Waals surface area contributed by atoms with Crippen molar-refractivity contribution in [3.8, 4) is 5.69 Å². The number of rotatable bonds is 3. The van der Waals surface area contributed by atoms with E-state index in [1.165, 1.54) is 21.7 Å². The van der Waals surface area contributed by atoms with E-state index in [1.54, 1.807) is 24.4 Å². The molecule has 2 aromatic rings. The Hall–Kier alpha value is -2.41. The predicted molar refractivity (Wildman–Crippen MR) is 82.4 cm³/mol. The molecule has 8 heteroatoms. The molecule has 1 amide bonds. The first-order valence-corrected chi connectivity index (χ1v) is 6.88. The fraction of sp³-hybridized carbons (Fsp3) is 0.267. The number of likely N-dealkylation sites (tertiary alicyclic amines) is 1. The highest BCUT2D eigenvalue weighted by molar-refractivity contribution is 5.93. The van der Waals surface area contributed by atoms with Crippen molar-refractivity contribution in [2.45, 2.75) is 6.42 Å². The van der Waals surface area contributed by atoms with Crippen LogP contribution >= 0.6 is 12.4 Å². The van der Waals surface area contributed by atoms with Gasteiger partial charge in [0, 0.05) is 19.3 Å². The first kappa shape index (κ1) is 17.0. The lowest BCUT2D eigenvalue weighted by atomic mass is 10.1. The molecule has 0 radical (unpaired) electrons. The summed E-state index contributed by atoms with van der Waals surface area (Å²) in [5, 5.41) is 13.1. The number of benzene rings is 1. The zero-order valence-corrected chi connectivity index (χ0v) is 12.9. The van der Waals surface area contributed by atoms with E-state index in [0.717, 1.165) is 0 Å². The maximum Gasteiger partial charge on any atom is 0.308 e. The molecule has 2 heterocycles. The normalized spacial score (nSPS) is 16.9. The summed E-state index contributed by atoms with van der Waals surface area (Å²) in [6, 6.07) is 7.43. The largest absolute Gasteiger partial charge is 0.481 e. The summed E-state index contributed by atoms with van der Waals surface area (Å²) in [5.74, 6) is -2.10. The number of carboxylic acids is 1. The molecule has 1 aliphatic heterocycles. The van der Waals surface area contributed by atoms with Gasteiger partial charge in [-0.3, -0.25) is 9.59 Å². The third-order valence-corrected chi connectivity index (χ3v) is 3.71. The molecule has 1 N–H and O–H groups in total. The number of aliphatic carboxylic acids is 1. The van der Waals surface area contributed by atoms with Crippen molar-refractivity contribution in [3.63, 3.8) is 0 Å². The van der Waals surface area contributed by atoms with Gasteiger partial charge in [0.15, 0.2) is 5.69 Å². The van der Waals surface area contributed by atoms with E-state index in [-0.39, 0.29) is 36.4 Å². The molecule has 0 bridgehead atoms. The minimum atomic E-state index is -0.888. The second-order valence-electron chi connectivity index (χ2n) is 5.20. The number of aromatic nitrogens is 2. The van der Waals surface area contributed by atoms with Gasteiger partial charge in [-0.2, -0.15) is 5.10 Å². The quantitative estimate of drug-likeness (QED) is 0.927. The maximum atomic E-state index is 13.2. The Kier molecular flexibility index (Phi) is 5.00. The first-order chi connectivity index (χ1) is 10.5. The molecular weight excluding hydrogens is 325 g/mol. The highest BCUT2D eigenvalue weighted by Gasteiger charge is 2.32. The number of hydrogen-bond donors (Lipinski definition) is 1. The van der Waals surface area contributed by atoms with Crippen molar-refractivity contribution in [1.82, 2.24) is 14.7 Å². The van der Waals surface area contributed by atoms with Crippen LogP contribution in [0.25, 0.3) is 5.69 Å². The predicted octanol–water partition coefficient (Wildman–Crippen LogP) is 1.98. The Morgan fingerprint density at radius 1 is 1.30 bits per heavy atom. The van der Waals surface area contributed by atoms with Crippen LogP contribution in [0.1, 0.15) is 16.9 Å². The van der Waals surface area contributed by atoms with Gasteiger partial charge >= 0.3 is 5.97 Å². The summed E-state index contributed by atoms with van der Waals surface area (Å²) in [4.78, 5) is 24.7. The third-order valence-electron chi connectivity index (χ3n) is 3.71. The van der Waals surface area contributed by atoms with Crippen LogP contribution in [-0.4, -0.2) is 44.8 Å². The lowest BCUT2D eigenvalue weighted by Crippen LogP contribution is -2.30. The Morgan fingerprint density at radius 3 is 2.74 bits per heavy atom. The van der Waals surface area contributed by atoms with Crippen LogP contribution in [0.5, 0.6) is 0 Å². The molecule has 1 atom stereocenters. The van der Waals surface area contributed by atoms with E-state index in [4.69, 9.17) is 5.11 Å². The third kappa shape index (κ3) is 3.50. The average Bonchev–Trinajstić information content (AvgIpc) is 3.16. The molecule has 6 nitrogen and oxygen atoms in total. The number of halogens is 2. The van der Waals surface area contributed by atoms with E-state index in [2.05, 4.69) is 5.10 Å². The van der Waals surface area contributed by atoms with E-state index in [9.17, 15) is 14.0 Å². The van der Waals surface area contributed by atoms with Crippen LogP contribution in [0.4, 0.5) is 4.39 Å². The van der Waals surface area contributed by atoms with Crippen molar-refractivity contribution in [2.75, 3.05) is 13.1 Å². The molecule has 1 aromatic carbocycles. The standard InChI is InChI=1S/C15H14FN3O3.ClH/c16-11-2-1-3-12(8-11)19-7-5-13(17-19)14(20)18-6-4-10(9-18)15(21)22;/h1-3,5,7-8,10H,4,6,9H2,(H,21,22);1H. The van der Waals surface area contributed by atoms with Crippen molar-refractivity contribution >= 4 is 24.3 Å². The van der Waals surface area contributed by atoms with Gasteiger partial charge in [-0.15, -0.1) is 12.4 Å². The smallest absolute Gasteiger partial charge is 0.308 e. The Bertz CT molecular complexity index is 734. The number of carbonyl (C=O) groups excluding carboxylic acids is 1.